The van der Waals surface area contributed by atoms with Crippen LogP contribution in [0, 0.1) is 6.07 Å². The van der Waals surface area contributed by atoms with Gasteiger partial charge in [-0.3, -0.25) is 0 Å². The van der Waals surface area contributed by atoms with Crippen LogP contribution in [-0.2, 0) is 0 Å². The Kier molecular flexibility index (Phi) is 2.62. The summed E-state index contributed by atoms with van der Waals surface area (Å²) in [7, 11) is 0. The first-order valence-electron chi connectivity index (χ1n) is 2.91. The lowest BCUT2D eigenvalue weighted by molar-refractivity contribution is -0.275. The zero-order valence-corrected chi connectivity index (χ0v) is 7.24. The smallest absolute Gasteiger partial charge is 0.404 e. The lowest BCUT2D eigenvalue weighted by Gasteiger charge is -2.08. The number of hydrogen-bond acceptors (Lipinski definition) is 1. The predicted octanol–water partition coefficient (Wildman–Crippen LogP) is 3.15. The van der Waals surface area contributed by atoms with E-state index in [2.05, 4.69) is 26.7 Å². The maximum Gasteiger partial charge on any atom is 0.573 e. The number of alkyl halides is 3. The Hall–Kier alpha value is -0.710. The molecule has 0 aliphatic carbocycles. The average molecular weight is 240 g/mol. The van der Waals surface area contributed by atoms with E-state index in [1.54, 1.807) is 6.07 Å². The summed E-state index contributed by atoms with van der Waals surface area (Å²) in [6, 6.07) is 6.63. The Balaban J connectivity index is 2.83. The van der Waals surface area contributed by atoms with Crippen molar-refractivity contribution in [2.75, 3.05) is 0 Å². The molecule has 12 heavy (non-hydrogen) atoms. The molecule has 0 fully saturated rings. The topological polar surface area (TPSA) is 9.23 Å². The standard InChI is InChI=1S/C7H3BrF3O/c8-5-3-1-2-4-6(5)12-7(9,10)11/h1-3H. The van der Waals surface area contributed by atoms with Gasteiger partial charge in [-0.05, 0) is 22.0 Å². The van der Waals surface area contributed by atoms with Gasteiger partial charge in [0.1, 0.15) is 0 Å². The molecule has 0 amide bonds. The van der Waals surface area contributed by atoms with Gasteiger partial charge in [0, 0.05) is 6.07 Å². The van der Waals surface area contributed by atoms with Crippen molar-refractivity contribution in [2.24, 2.45) is 0 Å². The lowest BCUT2D eigenvalue weighted by atomic mass is 10.3. The summed E-state index contributed by atoms with van der Waals surface area (Å²) in [6.07, 6.45) is -4.67. The van der Waals surface area contributed by atoms with Crippen molar-refractivity contribution >= 4 is 15.9 Å². The maximum atomic E-state index is 11.7. The van der Waals surface area contributed by atoms with Crippen molar-refractivity contribution in [2.45, 2.75) is 6.36 Å². The van der Waals surface area contributed by atoms with Crippen LogP contribution in [-0.4, -0.2) is 6.36 Å². The summed E-state index contributed by atoms with van der Waals surface area (Å²) in [6.45, 7) is 0. The Morgan fingerprint density at radius 3 is 2.58 bits per heavy atom. The van der Waals surface area contributed by atoms with Gasteiger partial charge >= 0.3 is 6.36 Å². The molecule has 0 spiro atoms. The summed E-state index contributed by atoms with van der Waals surface area (Å²) in [5.41, 5.74) is 0. The van der Waals surface area contributed by atoms with E-state index in [1.807, 2.05) is 0 Å². The highest BCUT2D eigenvalue weighted by Crippen LogP contribution is 2.28. The summed E-state index contributed by atoms with van der Waals surface area (Å²) >= 11 is 2.89. The molecule has 0 saturated heterocycles. The quantitative estimate of drug-likeness (QED) is 0.732. The van der Waals surface area contributed by atoms with Crippen LogP contribution in [0.2, 0.25) is 0 Å². The van der Waals surface area contributed by atoms with E-state index in [0.717, 1.165) is 0 Å². The number of ether oxygens (including phenoxy) is 1. The van der Waals surface area contributed by atoms with Crippen LogP contribution < -0.4 is 4.74 Å². The highest BCUT2D eigenvalue weighted by molar-refractivity contribution is 9.10. The summed E-state index contributed by atoms with van der Waals surface area (Å²) in [4.78, 5) is 0. The molecule has 0 unspecified atom stereocenters. The van der Waals surface area contributed by atoms with E-state index < -0.39 is 6.36 Å². The minimum atomic E-state index is -4.67. The van der Waals surface area contributed by atoms with Crippen molar-refractivity contribution in [3.8, 4) is 5.75 Å². The third kappa shape index (κ3) is 2.73. The maximum absolute atomic E-state index is 11.7. The first kappa shape index (κ1) is 9.38. The zero-order chi connectivity index (χ0) is 9.19. The lowest BCUT2D eigenvalue weighted by Crippen LogP contribution is -2.17. The molecule has 1 aromatic rings. The number of hydrogen-bond donors (Lipinski definition) is 0. The fraction of sp³-hybridized carbons (Fsp3) is 0.143. The van der Waals surface area contributed by atoms with E-state index in [0.29, 0.717) is 0 Å². The van der Waals surface area contributed by atoms with E-state index in [-0.39, 0.29) is 10.2 Å². The minimum absolute atomic E-state index is 0.224. The molecule has 1 rings (SSSR count). The molecule has 0 bridgehead atoms. The third-order valence-electron chi connectivity index (χ3n) is 0.988. The SMILES string of the molecule is FC(F)(F)Oc1[c]cccc1Br. The predicted molar refractivity (Wildman–Crippen MR) is 39.7 cm³/mol. The molecule has 0 N–H and O–H groups in total. The monoisotopic (exact) mass is 239 g/mol. The van der Waals surface area contributed by atoms with E-state index in [4.69, 9.17) is 0 Å². The second kappa shape index (κ2) is 3.35. The van der Waals surface area contributed by atoms with Crippen LogP contribution in [0.3, 0.4) is 0 Å². The third-order valence-corrected chi connectivity index (χ3v) is 1.61. The van der Waals surface area contributed by atoms with E-state index in [1.165, 1.54) is 12.1 Å². The Morgan fingerprint density at radius 2 is 2.08 bits per heavy atom. The Bertz CT molecular complexity index is 272. The van der Waals surface area contributed by atoms with Gasteiger partial charge in [0.15, 0.2) is 5.75 Å². The molecule has 0 aliphatic rings. The van der Waals surface area contributed by atoms with Crippen molar-refractivity contribution < 1.29 is 17.9 Å². The second-order valence-electron chi connectivity index (χ2n) is 1.89. The highest BCUT2D eigenvalue weighted by atomic mass is 79.9. The number of benzene rings is 1. The van der Waals surface area contributed by atoms with Gasteiger partial charge in [-0.15, -0.1) is 13.2 Å². The summed E-state index contributed by atoms with van der Waals surface area (Å²) in [5.74, 6) is -0.356. The van der Waals surface area contributed by atoms with Crippen LogP contribution in [0.25, 0.3) is 0 Å². The van der Waals surface area contributed by atoms with E-state index >= 15 is 0 Å². The van der Waals surface area contributed by atoms with Crippen LogP contribution in [0.1, 0.15) is 0 Å². The molecule has 0 atom stereocenters. The zero-order valence-electron chi connectivity index (χ0n) is 5.65. The molecule has 0 saturated carbocycles. The molecule has 0 aromatic heterocycles. The normalized spacial score (nSPS) is 11.3. The highest BCUT2D eigenvalue weighted by Gasteiger charge is 2.31. The van der Waals surface area contributed by atoms with Crippen molar-refractivity contribution in [3.63, 3.8) is 0 Å². The molecular weight excluding hydrogens is 237 g/mol. The number of para-hydroxylation sites is 1. The van der Waals surface area contributed by atoms with Gasteiger partial charge in [0.25, 0.3) is 0 Å². The Labute approximate surface area is 75.3 Å². The largest absolute Gasteiger partial charge is 0.573 e. The fourth-order valence-electron chi connectivity index (χ4n) is 0.595. The van der Waals surface area contributed by atoms with E-state index in [9.17, 15) is 13.2 Å². The molecule has 0 aliphatic heterocycles. The Morgan fingerprint density at radius 1 is 1.42 bits per heavy atom. The summed E-state index contributed by atoms with van der Waals surface area (Å²) < 4.78 is 38.8. The van der Waals surface area contributed by atoms with Crippen LogP contribution in [0.5, 0.6) is 5.75 Å². The number of halogens is 4. The van der Waals surface area contributed by atoms with Crippen LogP contribution in [0.15, 0.2) is 22.7 Å². The van der Waals surface area contributed by atoms with Crippen LogP contribution >= 0.6 is 15.9 Å². The first-order valence-corrected chi connectivity index (χ1v) is 3.70. The molecular formula is C7H3BrF3O. The molecule has 5 heteroatoms. The second-order valence-corrected chi connectivity index (χ2v) is 2.75. The van der Waals surface area contributed by atoms with Gasteiger partial charge in [-0.2, -0.15) is 0 Å². The average Bonchev–Trinajstić information content (AvgIpc) is 1.91. The van der Waals surface area contributed by atoms with Gasteiger partial charge in [0.2, 0.25) is 0 Å². The van der Waals surface area contributed by atoms with Crippen molar-refractivity contribution in [3.05, 3.63) is 28.7 Å². The van der Waals surface area contributed by atoms with Gasteiger partial charge in [-0.1, -0.05) is 12.1 Å². The molecule has 65 valence electrons. The summed E-state index contributed by atoms with van der Waals surface area (Å²) in [5, 5.41) is 0. The molecule has 1 nitrogen and oxygen atoms in total. The molecule has 1 radical (unpaired) electrons. The first-order chi connectivity index (χ1) is 5.49. The fourth-order valence-corrected chi connectivity index (χ4v) is 0.943. The van der Waals surface area contributed by atoms with Crippen molar-refractivity contribution in [1.82, 2.24) is 0 Å². The van der Waals surface area contributed by atoms with Gasteiger partial charge < -0.3 is 4.74 Å². The molecule has 1 aromatic carbocycles. The number of rotatable bonds is 1. The molecule has 0 heterocycles. The van der Waals surface area contributed by atoms with Crippen molar-refractivity contribution in [1.29, 1.82) is 0 Å². The van der Waals surface area contributed by atoms with Crippen LogP contribution in [0.4, 0.5) is 13.2 Å². The van der Waals surface area contributed by atoms with Gasteiger partial charge in [0.05, 0.1) is 4.47 Å². The minimum Gasteiger partial charge on any atom is -0.404 e. The van der Waals surface area contributed by atoms with Gasteiger partial charge in [-0.25, -0.2) is 0 Å².